The van der Waals surface area contributed by atoms with E-state index in [1.54, 1.807) is 36.0 Å². The smallest absolute Gasteiger partial charge is 0.262 e. The van der Waals surface area contributed by atoms with Crippen molar-refractivity contribution in [2.24, 2.45) is 0 Å². The fourth-order valence-electron chi connectivity index (χ4n) is 2.40. The summed E-state index contributed by atoms with van der Waals surface area (Å²) in [4.78, 5) is 14.4. The number of hydrogen-bond donors (Lipinski definition) is 1. The second kappa shape index (κ2) is 8.98. The van der Waals surface area contributed by atoms with Crippen LogP contribution in [-0.2, 0) is 4.79 Å². The molecule has 1 amide bonds. The summed E-state index contributed by atoms with van der Waals surface area (Å²) in [7, 11) is 0. The third kappa shape index (κ3) is 5.78. The average Bonchev–Trinajstić information content (AvgIpc) is 2.66. The molecule has 0 saturated carbocycles. The van der Waals surface area contributed by atoms with Crippen LogP contribution in [-0.4, -0.2) is 12.5 Å². The molecule has 0 bridgehead atoms. The highest BCUT2D eigenvalue weighted by Crippen LogP contribution is 2.29. The topological polar surface area (TPSA) is 38.3 Å². The van der Waals surface area contributed by atoms with E-state index in [1.165, 1.54) is 16.0 Å². The lowest BCUT2D eigenvalue weighted by atomic mass is 10.1. The predicted octanol–water partition coefficient (Wildman–Crippen LogP) is 6.13. The second-order valence-corrected chi connectivity index (χ2v) is 7.75. The molecule has 0 aliphatic rings. The molecule has 138 valence electrons. The van der Waals surface area contributed by atoms with Crippen molar-refractivity contribution in [2.75, 3.05) is 11.9 Å². The maximum atomic E-state index is 12.0. The normalized spacial score (nSPS) is 10.5. The number of rotatable bonds is 6. The lowest BCUT2D eigenvalue weighted by molar-refractivity contribution is -0.118. The predicted molar refractivity (Wildman–Crippen MR) is 112 cm³/mol. The van der Waals surface area contributed by atoms with Crippen LogP contribution in [0.1, 0.15) is 11.1 Å². The van der Waals surface area contributed by atoms with E-state index in [1.807, 2.05) is 24.3 Å². The highest BCUT2D eigenvalue weighted by atomic mass is 35.5. The zero-order valence-electron chi connectivity index (χ0n) is 15.2. The molecule has 3 nitrogen and oxygen atoms in total. The zero-order chi connectivity index (χ0) is 19.2. The largest absolute Gasteiger partial charge is 0.484 e. The third-order valence-corrected chi connectivity index (χ3v) is 5.29. The summed E-state index contributed by atoms with van der Waals surface area (Å²) in [6, 6.07) is 21.1. The van der Waals surface area contributed by atoms with Gasteiger partial charge in [-0.05, 0) is 85.6 Å². The van der Waals surface area contributed by atoms with E-state index in [2.05, 4.69) is 37.4 Å². The van der Waals surface area contributed by atoms with Crippen molar-refractivity contribution < 1.29 is 9.53 Å². The Balaban J connectivity index is 1.52. The van der Waals surface area contributed by atoms with Crippen LogP contribution in [0.4, 0.5) is 5.69 Å². The Labute approximate surface area is 168 Å². The molecular formula is C22H20ClNO2S. The van der Waals surface area contributed by atoms with Crippen molar-refractivity contribution in [3.05, 3.63) is 82.9 Å². The molecule has 0 unspecified atom stereocenters. The summed E-state index contributed by atoms with van der Waals surface area (Å²) in [6.45, 7) is 4.17. The van der Waals surface area contributed by atoms with Gasteiger partial charge >= 0.3 is 0 Å². The van der Waals surface area contributed by atoms with Crippen molar-refractivity contribution in [3.8, 4) is 5.75 Å². The second-order valence-electron chi connectivity index (χ2n) is 6.16. The van der Waals surface area contributed by atoms with Crippen molar-refractivity contribution in [2.45, 2.75) is 23.6 Å². The van der Waals surface area contributed by atoms with Gasteiger partial charge in [-0.1, -0.05) is 29.4 Å². The molecule has 0 radical (unpaired) electrons. The molecular weight excluding hydrogens is 378 g/mol. The molecule has 3 aromatic carbocycles. The van der Waals surface area contributed by atoms with Gasteiger partial charge in [0.15, 0.2) is 6.61 Å². The molecule has 27 heavy (non-hydrogen) atoms. The first kappa shape index (κ1) is 19.3. The van der Waals surface area contributed by atoms with E-state index < -0.39 is 0 Å². The average molecular weight is 398 g/mol. The summed E-state index contributed by atoms with van der Waals surface area (Å²) < 4.78 is 5.44. The number of ether oxygens (including phenoxy) is 1. The van der Waals surface area contributed by atoms with Gasteiger partial charge in [0.2, 0.25) is 0 Å². The minimum atomic E-state index is -0.209. The zero-order valence-corrected chi connectivity index (χ0v) is 16.7. The van der Waals surface area contributed by atoms with Gasteiger partial charge in [-0.15, -0.1) is 0 Å². The van der Waals surface area contributed by atoms with E-state index in [-0.39, 0.29) is 12.5 Å². The van der Waals surface area contributed by atoms with Crippen molar-refractivity contribution >= 4 is 35.0 Å². The molecule has 0 heterocycles. The van der Waals surface area contributed by atoms with Gasteiger partial charge in [-0.3, -0.25) is 4.79 Å². The van der Waals surface area contributed by atoms with Crippen LogP contribution in [0.3, 0.4) is 0 Å². The lowest BCUT2D eigenvalue weighted by Gasteiger charge is -2.09. The van der Waals surface area contributed by atoms with Crippen LogP contribution in [0.5, 0.6) is 5.75 Å². The summed E-state index contributed by atoms with van der Waals surface area (Å²) in [5.41, 5.74) is 3.31. The minimum absolute atomic E-state index is 0.0548. The summed E-state index contributed by atoms with van der Waals surface area (Å²) >= 11 is 7.52. The number of aryl methyl sites for hydroxylation is 2. The number of anilines is 1. The van der Waals surface area contributed by atoms with Gasteiger partial charge in [0.1, 0.15) is 5.75 Å². The number of halogens is 1. The highest BCUT2D eigenvalue weighted by Gasteiger charge is 2.05. The number of benzene rings is 3. The standard InChI is InChI=1S/C22H20ClNO2S/c1-15-3-10-21(13-16(15)2)27-20-11-6-18(7-12-20)24-22(25)14-26-19-8-4-17(23)5-9-19/h3-13H,14H2,1-2H3,(H,24,25). The van der Waals surface area contributed by atoms with Crippen molar-refractivity contribution in [1.82, 2.24) is 0 Å². The van der Waals surface area contributed by atoms with Gasteiger partial charge < -0.3 is 10.1 Å². The van der Waals surface area contributed by atoms with Crippen LogP contribution in [0.15, 0.2) is 76.5 Å². The Hall–Kier alpha value is -2.43. The molecule has 0 aliphatic heterocycles. The fourth-order valence-corrected chi connectivity index (χ4v) is 3.44. The van der Waals surface area contributed by atoms with Crippen LogP contribution < -0.4 is 10.1 Å². The lowest BCUT2D eigenvalue weighted by Crippen LogP contribution is -2.20. The van der Waals surface area contributed by atoms with Crippen LogP contribution >= 0.6 is 23.4 Å². The molecule has 0 saturated heterocycles. The molecule has 0 aromatic heterocycles. The van der Waals surface area contributed by atoms with Gasteiger partial charge in [0.25, 0.3) is 5.91 Å². The quantitative estimate of drug-likeness (QED) is 0.544. The molecule has 3 aromatic rings. The van der Waals surface area contributed by atoms with E-state index in [0.717, 1.165) is 10.6 Å². The van der Waals surface area contributed by atoms with Crippen molar-refractivity contribution in [3.63, 3.8) is 0 Å². The molecule has 3 rings (SSSR count). The molecule has 5 heteroatoms. The monoisotopic (exact) mass is 397 g/mol. The van der Waals surface area contributed by atoms with Crippen LogP contribution in [0.2, 0.25) is 5.02 Å². The number of amides is 1. The van der Waals surface area contributed by atoms with E-state index in [9.17, 15) is 4.79 Å². The van der Waals surface area contributed by atoms with E-state index in [4.69, 9.17) is 16.3 Å². The Morgan fingerprint density at radius 1 is 0.926 bits per heavy atom. The van der Waals surface area contributed by atoms with Gasteiger partial charge in [-0.25, -0.2) is 0 Å². The minimum Gasteiger partial charge on any atom is -0.484 e. The fraction of sp³-hybridized carbons (Fsp3) is 0.136. The summed E-state index contributed by atoms with van der Waals surface area (Å²) in [5.74, 6) is 0.397. The number of nitrogens with one attached hydrogen (secondary N) is 1. The first-order valence-electron chi connectivity index (χ1n) is 8.53. The third-order valence-electron chi connectivity index (χ3n) is 4.04. The van der Waals surface area contributed by atoms with Crippen molar-refractivity contribution in [1.29, 1.82) is 0 Å². The SMILES string of the molecule is Cc1ccc(Sc2ccc(NC(=O)COc3ccc(Cl)cc3)cc2)cc1C. The van der Waals surface area contributed by atoms with Gasteiger partial charge in [0.05, 0.1) is 0 Å². The number of carbonyl (C=O) groups excluding carboxylic acids is 1. The van der Waals surface area contributed by atoms with E-state index in [0.29, 0.717) is 10.8 Å². The van der Waals surface area contributed by atoms with Gasteiger partial charge in [-0.2, -0.15) is 0 Å². The Bertz CT molecular complexity index is 924. The molecule has 1 N–H and O–H groups in total. The first-order valence-corrected chi connectivity index (χ1v) is 9.72. The Morgan fingerprint density at radius 2 is 1.59 bits per heavy atom. The molecule has 0 fully saturated rings. The van der Waals surface area contributed by atoms with Crippen LogP contribution in [0.25, 0.3) is 0 Å². The Morgan fingerprint density at radius 3 is 2.26 bits per heavy atom. The number of hydrogen-bond acceptors (Lipinski definition) is 3. The maximum Gasteiger partial charge on any atom is 0.262 e. The molecule has 0 aliphatic carbocycles. The first-order chi connectivity index (χ1) is 13.0. The summed E-state index contributed by atoms with van der Waals surface area (Å²) in [6.07, 6.45) is 0. The maximum absolute atomic E-state index is 12.0. The van der Waals surface area contributed by atoms with E-state index >= 15 is 0 Å². The molecule has 0 atom stereocenters. The number of carbonyl (C=O) groups is 1. The summed E-state index contributed by atoms with van der Waals surface area (Å²) in [5, 5.41) is 3.46. The van der Waals surface area contributed by atoms with Crippen LogP contribution in [0, 0.1) is 13.8 Å². The molecule has 0 spiro atoms. The highest BCUT2D eigenvalue weighted by molar-refractivity contribution is 7.99. The van der Waals surface area contributed by atoms with Gasteiger partial charge in [0, 0.05) is 20.5 Å². The Kier molecular flexibility index (Phi) is 6.43.